The van der Waals surface area contributed by atoms with Crippen LogP contribution in [0.4, 0.5) is 5.13 Å². The van der Waals surface area contributed by atoms with Crippen molar-refractivity contribution in [3.8, 4) is 11.5 Å². The van der Waals surface area contributed by atoms with Crippen LogP contribution in [-0.2, 0) is 7.05 Å². The zero-order valence-corrected chi connectivity index (χ0v) is 8.17. The Morgan fingerprint density at radius 1 is 1.54 bits per heavy atom. The summed E-state index contributed by atoms with van der Waals surface area (Å²) in [5.41, 5.74) is 7.48. The minimum Gasteiger partial charge on any atom is -0.374 e. The standard InChI is InChI=1S/C7H9N5S/c1-4-3-9-12(2)5(4)6-10-7(8)13-11-6/h3H,1-2H3,(H2,8,10,11). The van der Waals surface area contributed by atoms with E-state index in [1.165, 1.54) is 11.5 Å². The van der Waals surface area contributed by atoms with E-state index in [1.807, 2.05) is 14.0 Å². The molecule has 0 aliphatic rings. The summed E-state index contributed by atoms with van der Waals surface area (Å²) in [5.74, 6) is 0.653. The smallest absolute Gasteiger partial charge is 0.200 e. The molecule has 0 aliphatic heterocycles. The molecule has 0 unspecified atom stereocenters. The second kappa shape index (κ2) is 2.81. The predicted octanol–water partition coefficient (Wildman–Crippen LogP) is 0.829. The zero-order chi connectivity index (χ0) is 9.42. The molecule has 0 saturated heterocycles. The first-order valence-corrected chi connectivity index (χ1v) is 4.54. The summed E-state index contributed by atoms with van der Waals surface area (Å²) in [5, 5.41) is 4.58. The van der Waals surface area contributed by atoms with Crippen LogP contribution in [0.1, 0.15) is 5.56 Å². The highest BCUT2D eigenvalue weighted by molar-refractivity contribution is 7.09. The van der Waals surface area contributed by atoms with Gasteiger partial charge >= 0.3 is 0 Å². The van der Waals surface area contributed by atoms with Crippen molar-refractivity contribution in [1.29, 1.82) is 0 Å². The first-order valence-electron chi connectivity index (χ1n) is 3.76. The van der Waals surface area contributed by atoms with Gasteiger partial charge < -0.3 is 5.73 Å². The molecule has 5 nitrogen and oxygen atoms in total. The highest BCUT2D eigenvalue weighted by Crippen LogP contribution is 2.21. The van der Waals surface area contributed by atoms with E-state index in [-0.39, 0.29) is 0 Å². The molecule has 0 aromatic carbocycles. The minimum atomic E-state index is 0.482. The van der Waals surface area contributed by atoms with Gasteiger partial charge in [-0.3, -0.25) is 4.68 Å². The van der Waals surface area contributed by atoms with Gasteiger partial charge in [-0.05, 0) is 12.5 Å². The normalized spacial score (nSPS) is 10.6. The number of nitrogen functional groups attached to an aromatic ring is 1. The maximum absolute atomic E-state index is 5.50. The number of anilines is 1. The summed E-state index contributed by atoms with van der Waals surface area (Å²) in [6.45, 7) is 1.97. The van der Waals surface area contributed by atoms with E-state index in [0.717, 1.165) is 11.3 Å². The number of nitrogens with zero attached hydrogens (tertiary/aromatic N) is 4. The quantitative estimate of drug-likeness (QED) is 0.731. The fourth-order valence-corrected chi connectivity index (χ4v) is 1.63. The van der Waals surface area contributed by atoms with Gasteiger partial charge in [0.05, 0.1) is 6.20 Å². The lowest BCUT2D eigenvalue weighted by atomic mass is 10.3. The largest absolute Gasteiger partial charge is 0.374 e. The summed E-state index contributed by atoms with van der Waals surface area (Å²) in [4.78, 5) is 4.10. The van der Waals surface area contributed by atoms with Crippen LogP contribution >= 0.6 is 11.5 Å². The monoisotopic (exact) mass is 195 g/mol. The molecule has 0 spiro atoms. The first-order chi connectivity index (χ1) is 6.18. The topological polar surface area (TPSA) is 69.6 Å². The Kier molecular flexibility index (Phi) is 1.77. The molecule has 0 atom stereocenters. The van der Waals surface area contributed by atoms with Crippen molar-refractivity contribution >= 4 is 16.7 Å². The molecule has 2 heterocycles. The molecule has 0 amide bonds. The third kappa shape index (κ3) is 1.29. The average molecular weight is 195 g/mol. The summed E-state index contributed by atoms with van der Waals surface area (Å²) in [6.07, 6.45) is 1.78. The molecule has 13 heavy (non-hydrogen) atoms. The highest BCUT2D eigenvalue weighted by atomic mass is 32.1. The molecule has 0 bridgehead atoms. The molecule has 2 aromatic heterocycles. The van der Waals surface area contributed by atoms with E-state index >= 15 is 0 Å². The van der Waals surface area contributed by atoms with Crippen LogP contribution in [0.5, 0.6) is 0 Å². The predicted molar refractivity (Wildman–Crippen MR) is 51.3 cm³/mol. The van der Waals surface area contributed by atoms with Crippen LogP contribution in [0, 0.1) is 6.92 Å². The molecule has 6 heteroatoms. The Balaban J connectivity index is 2.57. The molecular weight excluding hydrogens is 186 g/mol. The maximum Gasteiger partial charge on any atom is 0.200 e. The second-order valence-corrected chi connectivity index (χ2v) is 3.54. The average Bonchev–Trinajstić information content (AvgIpc) is 2.60. The molecule has 2 aromatic rings. The summed E-state index contributed by atoms with van der Waals surface area (Å²) in [6, 6.07) is 0. The molecule has 0 fully saturated rings. The first kappa shape index (κ1) is 8.18. The fraction of sp³-hybridized carbons (Fsp3) is 0.286. The van der Waals surface area contributed by atoms with E-state index in [9.17, 15) is 0 Å². The molecule has 0 aliphatic carbocycles. The van der Waals surface area contributed by atoms with Gasteiger partial charge in [-0.1, -0.05) is 0 Å². The van der Waals surface area contributed by atoms with Crippen LogP contribution in [0.15, 0.2) is 6.20 Å². The third-order valence-corrected chi connectivity index (χ3v) is 2.32. The number of aromatic nitrogens is 4. The molecule has 0 radical (unpaired) electrons. The van der Waals surface area contributed by atoms with E-state index in [0.29, 0.717) is 11.0 Å². The van der Waals surface area contributed by atoms with Gasteiger partial charge in [-0.25, -0.2) is 0 Å². The highest BCUT2D eigenvalue weighted by Gasteiger charge is 2.11. The lowest BCUT2D eigenvalue weighted by molar-refractivity contribution is 0.771. The van der Waals surface area contributed by atoms with Crippen molar-refractivity contribution in [2.24, 2.45) is 7.05 Å². The minimum absolute atomic E-state index is 0.482. The van der Waals surface area contributed by atoms with Crippen LogP contribution in [0.3, 0.4) is 0 Å². The number of rotatable bonds is 1. The van der Waals surface area contributed by atoms with Gasteiger partial charge in [-0.15, -0.1) is 0 Å². The molecule has 0 saturated carbocycles. The Morgan fingerprint density at radius 3 is 2.77 bits per heavy atom. The summed E-state index contributed by atoms with van der Waals surface area (Å²) < 4.78 is 5.87. The number of hydrogen-bond acceptors (Lipinski definition) is 5. The molecule has 2 rings (SSSR count). The van der Waals surface area contributed by atoms with E-state index in [1.54, 1.807) is 10.9 Å². The summed E-state index contributed by atoms with van der Waals surface area (Å²) in [7, 11) is 1.86. The van der Waals surface area contributed by atoms with Crippen molar-refractivity contribution in [2.75, 3.05) is 5.73 Å². The van der Waals surface area contributed by atoms with Crippen molar-refractivity contribution in [2.45, 2.75) is 6.92 Å². The van der Waals surface area contributed by atoms with Crippen LogP contribution in [0.2, 0.25) is 0 Å². The van der Waals surface area contributed by atoms with Gasteiger partial charge in [0.25, 0.3) is 0 Å². The Labute approximate surface area is 79.4 Å². The van der Waals surface area contributed by atoms with Crippen molar-refractivity contribution in [3.05, 3.63) is 11.8 Å². The zero-order valence-electron chi connectivity index (χ0n) is 7.35. The van der Waals surface area contributed by atoms with Crippen LogP contribution in [-0.4, -0.2) is 19.1 Å². The molecule has 2 N–H and O–H groups in total. The van der Waals surface area contributed by atoms with Crippen molar-refractivity contribution in [1.82, 2.24) is 19.1 Å². The van der Waals surface area contributed by atoms with E-state index in [4.69, 9.17) is 5.73 Å². The maximum atomic E-state index is 5.50. The number of hydrogen-bond donors (Lipinski definition) is 1. The van der Waals surface area contributed by atoms with Gasteiger partial charge in [0.1, 0.15) is 5.69 Å². The fourth-order valence-electron chi connectivity index (χ4n) is 1.20. The lowest BCUT2D eigenvalue weighted by Gasteiger charge is -1.96. The van der Waals surface area contributed by atoms with Gasteiger partial charge in [-0.2, -0.15) is 14.5 Å². The Bertz CT molecular complexity index is 410. The van der Waals surface area contributed by atoms with Crippen LogP contribution < -0.4 is 5.73 Å². The molecule has 68 valence electrons. The van der Waals surface area contributed by atoms with E-state index < -0.39 is 0 Å². The molecular formula is C7H9N5S. The van der Waals surface area contributed by atoms with Gasteiger partial charge in [0.2, 0.25) is 0 Å². The van der Waals surface area contributed by atoms with Gasteiger partial charge in [0, 0.05) is 18.6 Å². The van der Waals surface area contributed by atoms with Gasteiger partial charge in [0.15, 0.2) is 11.0 Å². The SMILES string of the molecule is Cc1cnn(C)c1-c1nsc(N)n1. The number of nitrogens with two attached hydrogens (primary N) is 1. The lowest BCUT2D eigenvalue weighted by Crippen LogP contribution is -1.95. The Morgan fingerprint density at radius 2 is 2.31 bits per heavy atom. The third-order valence-electron chi connectivity index (χ3n) is 1.78. The second-order valence-electron chi connectivity index (χ2n) is 2.76. The van der Waals surface area contributed by atoms with E-state index in [2.05, 4.69) is 14.5 Å². The van der Waals surface area contributed by atoms with Crippen molar-refractivity contribution < 1.29 is 0 Å². The van der Waals surface area contributed by atoms with Crippen LogP contribution in [0.25, 0.3) is 11.5 Å². The summed E-state index contributed by atoms with van der Waals surface area (Å²) >= 11 is 1.20. The Hall–Kier alpha value is -1.43. The van der Waals surface area contributed by atoms with Crippen molar-refractivity contribution in [3.63, 3.8) is 0 Å². The number of aryl methyl sites for hydroxylation is 2.